The van der Waals surface area contributed by atoms with E-state index in [1.54, 1.807) is 44.2 Å². The summed E-state index contributed by atoms with van der Waals surface area (Å²) in [5.74, 6) is -2.64. The van der Waals surface area contributed by atoms with Crippen LogP contribution in [-0.2, 0) is 19.1 Å². The van der Waals surface area contributed by atoms with Crippen LogP contribution in [0.15, 0.2) is 36.4 Å². The van der Waals surface area contributed by atoms with Crippen molar-refractivity contribution in [3.63, 3.8) is 0 Å². The molecular weight excluding hydrogens is 324 g/mol. The molecule has 2 aromatic rings. The van der Waals surface area contributed by atoms with Crippen LogP contribution in [0.5, 0.6) is 5.75 Å². The highest BCUT2D eigenvalue weighted by atomic mass is 16.5. The first-order valence-corrected chi connectivity index (χ1v) is 7.75. The number of amides is 2. The van der Waals surface area contributed by atoms with Gasteiger partial charge in [0.2, 0.25) is 0 Å². The molecule has 25 heavy (non-hydrogen) atoms. The molecule has 0 aliphatic carbocycles. The average molecular weight is 344 g/mol. The van der Waals surface area contributed by atoms with Gasteiger partial charge in [-0.3, -0.25) is 9.59 Å². The summed E-state index contributed by atoms with van der Waals surface area (Å²) >= 11 is 0. The Morgan fingerprint density at radius 1 is 1.00 bits per heavy atom. The standard InChI is InChI=1S/C18H20N2O5/c1-10(2)15(18(24)25-3)20-17(23)16(22)19-13-8-4-7-12-11(13)6-5-9-14(12)21/h4-10,15,21H,1-3H3,(H,19,22)(H,20,23)/t15-/m0/s1. The summed E-state index contributed by atoms with van der Waals surface area (Å²) in [4.78, 5) is 36.0. The molecule has 0 aromatic heterocycles. The monoisotopic (exact) mass is 344 g/mol. The minimum Gasteiger partial charge on any atom is -0.507 e. The normalized spacial score (nSPS) is 11.8. The van der Waals surface area contributed by atoms with Crippen LogP contribution in [0, 0.1) is 5.92 Å². The number of hydrogen-bond donors (Lipinski definition) is 3. The van der Waals surface area contributed by atoms with E-state index in [0.29, 0.717) is 16.5 Å². The van der Waals surface area contributed by atoms with Crippen LogP contribution in [-0.4, -0.2) is 36.0 Å². The molecule has 0 saturated carbocycles. The van der Waals surface area contributed by atoms with E-state index in [-0.39, 0.29) is 11.7 Å². The van der Waals surface area contributed by atoms with Crippen molar-refractivity contribution in [1.29, 1.82) is 0 Å². The number of esters is 1. The number of rotatable bonds is 4. The summed E-state index contributed by atoms with van der Waals surface area (Å²) in [5, 5.41) is 15.9. The van der Waals surface area contributed by atoms with E-state index in [1.807, 2.05) is 0 Å². The summed E-state index contributed by atoms with van der Waals surface area (Å²) < 4.78 is 4.63. The molecule has 0 saturated heterocycles. The molecule has 0 fully saturated rings. The SMILES string of the molecule is COC(=O)[C@@H](NC(=O)C(=O)Nc1cccc2c(O)cccc12)C(C)C. The van der Waals surface area contributed by atoms with E-state index in [0.717, 1.165) is 0 Å². The van der Waals surface area contributed by atoms with E-state index < -0.39 is 23.8 Å². The topological polar surface area (TPSA) is 105 Å². The minimum absolute atomic E-state index is 0.0728. The maximum absolute atomic E-state index is 12.2. The van der Waals surface area contributed by atoms with Gasteiger partial charge in [0, 0.05) is 16.5 Å². The molecule has 0 aliphatic heterocycles. The van der Waals surface area contributed by atoms with E-state index in [2.05, 4.69) is 15.4 Å². The third kappa shape index (κ3) is 4.06. The third-order valence-electron chi connectivity index (χ3n) is 3.76. The van der Waals surface area contributed by atoms with Gasteiger partial charge in [-0.15, -0.1) is 0 Å². The average Bonchev–Trinajstić information content (AvgIpc) is 2.59. The second-order valence-electron chi connectivity index (χ2n) is 5.85. The van der Waals surface area contributed by atoms with Crippen molar-refractivity contribution in [2.75, 3.05) is 12.4 Å². The van der Waals surface area contributed by atoms with Crippen LogP contribution < -0.4 is 10.6 Å². The molecule has 0 unspecified atom stereocenters. The van der Waals surface area contributed by atoms with Crippen molar-refractivity contribution in [3.05, 3.63) is 36.4 Å². The Morgan fingerprint density at radius 3 is 2.28 bits per heavy atom. The molecule has 132 valence electrons. The second-order valence-corrected chi connectivity index (χ2v) is 5.85. The van der Waals surface area contributed by atoms with Crippen molar-refractivity contribution >= 4 is 34.2 Å². The number of nitrogens with one attached hydrogen (secondary N) is 2. The molecular formula is C18H20N2O5. The molecule has 0 spiro atoms. The Hall–Kier alpha value is -3.09. The Bertz CT molecular complexity index is 816. The number of phenols is 1. The number of carbonyl (C=O) groups excluding carboxylic acids is 3. The molecule has 2 amide bonds. The van der Waals surface area contributed by atoms with Crippen molar-refractivity contribution in [3.8, 4) is 5.75 Å². The second kappa shape index (κ2) is 7.65. The summed E-state index contributed by atoms with van der Waals surface area (Å²) in [7, 11) is 1.21. The van der Waals surface area contributed by atoms with Crippen LogP contribution in [0.4, 0.5) is 5.69 Å². The molecule has 3 N–H and O–H groups in total. The molecule has 1 atom stereocenters. The van der Waals surface area contributed by atoms with Gasteiger partial charge in [0.25, 0.3) is 0 Å². The molecule has 7 heteroatoms. The molecule has 2 aromatic carbocycles. The Kier molecular flexibility index (Phi) is 5.59. The van der Waals surface area contributed by atoms with Gasteiger partial charge in [-0.25, -0.2) is 4.79 Å². The highest BCUT2D eigenvalue weighted by molar-refractivity contribution is 6.40. The predicted octanol–water partition coefficient (Wildman–Crippen LogP) is 1.80. The number of anilines is 1. The molecule has 7 nitrogen and oxygen atoms in total. The van der Waals surface area contributed by atoms with Gasteiger partial charge in [-0.2, -0.15) is 0 Å². The lowest BCUT2D eigenvalue weighted by atomic mass is 10.0. The van der Waals surface area contributed by atoms with E-state index in [4.69, 9.17) is 0 Å². The first kappa shape index (κ1) is 18.3. The molecule has 0 radical (unpaired) electrons. The molecule has 2 rings (SSSR count). The first-order chi connectivity index (χ1) is 11.8. The first-order valence-electron chi connectivity index (χ1n) is 7.75. The van der Waals surface area contributed by atoms with Crippen LogP contribution in [0.1, 0.15) is 13.8 Å². The summed E-state index contributed by atoms with van der Waals surface area (Å²) in [6, 6.07) is 8.94. The minimum atomic E-state index is -0.943. The summed E-state index contributed by atoms with van der Waals surface area (Å²) in [6.45, 7) is 3.46. The number of ether oxygens (including phenoxy) is 1. The van der Waals surface area contributed by atoms with Crippen molar-refractivity contribution in [2.45, 2.75) is 19.9 Å². The Labute approximate surface area is 145 Å². The maximum Gasteiger partial charge on any atom is 0.328 e. The largest absolute Gasteiger partial charge is 0.507 e. The maximum atomic E-state index is 12.2. The Balaban J connectivity index is 2.18. The molecule has 0 heterocycles. The van der Waals surface area contributed by atoms with E-state index >= 15 is 0 Å². The van der Waals surface area contributed by atoms with Crippen LogP contribution in [0.25, 0.3) is 10.8 Å². The van der Waals surface area contributed by atoms with Gasteiger partial charge in [-0.1, -0.05) is 38.1 Å². The van der Waals surface area contributed by atoms with E-state index in [1.165, 1.54) is 13.2 Å². The van der Waals surface area contributed by atoms with Gasteiger partial charge in [0.15, 0.2) is 0 Å². The lowest BCUT2D eigenvalue weighted by Gasteiger charge is -2.19. The lowest BCUT2D eigenvalue weighted by molar-refractivity contribution is -0.147. The number of carbonyl (C=O) groups is 3. The lowest BCUT2D eigenvalue weighted by Crippen LogP contribution is -2.48. The quantitative estimate of drug-likeness (QED) is 0.579. The highest BCUT2D eigenvalue weighted by Gasteiger charge is 2.27. The molecule has 0 bridgehead atoms. The van der Waals surface area contributed by atoms with Gasteiger partial charge >= 0.3 is 17.8 Å². The van der Waals surface area contributed by atoms with Gasteiger partial charge < -0.3 is 20.5 Å². The summed E-state index contributed by atoms with van der Waals surface area (Å²) in [6.07, 6.45) is 0. The fourth-order valence-corrected chi connectivity index (χ4v) is 2.41. The van der Waals surface area contributed by atoms with Crippen LogP contribution in [0.3, 0.4) is 0 Å². The van der Waals surface area contributed by atoms with E-state index in [9.17, 15) is 19.5 Å². The Morgan fingerprint density at radius 2 is 1.64 bits per heavy atom. The fraction of sp³-hybridized carbons (Fsp3) is 0.278. The molecule has 0 aliphatic rings. The zero-order valence-corrected chi connectivity index (χ0v) is 14.2. The third-order valence-corrected chi connectivity index (χ3v) is 3.76. The van der Waals surface area contributed by atoms with Crippen molar-refractivity contribution in [2.24, 2.45) is 5.92 Å². The fourth-order valence-electron chi connectivity index (χ4n) is 2.41. The highest BCUT2D eigenvalue weighted by Crippen LogP contribution is 2.29. The number of methoxy groups -OCH3 is 1. The zero-order valence-electron chi connectivity index (χ0n) is 14.2. The summed E-state index contributed by atoms with van der Waals surface area (Å²) in [5.41, 5.74) is 0.382. The van der Waals surface area contributed by atoms with Crippen molar-refractivity contribution < 1.29 is 24.2 Å². The smallest absolute Gasteiger partial charge is 0.328 e. The van der Waals surface area contributed by atoms with Crippen LogP contribution in [0.2, 0.25) is 0 Å². The van der Waals surface area contributed by atoms with Crippen LogP contribution >= 0.6 is 0 Å². The zero-order chi connectivity index (χ0) is 18.6. The van der Waals surface area contributed by atoms with Gasteiger partial charge in [0.1, 0.15) is 11.8 Å². The predicted molar refractivity (Wildman–Crippen MR) is 93.0 cm³/mol. The number of fused-ring (bicyclic) bond motifs is 1. The number of phenolic OH excluding ortho intramolecular Hbond substituents is 1. The van der Waals surface area contributed by atoms with Gasteiger partial charge in [-0.05, 0) is 18.1 Å². The number of hydrogen-bond acceptors (Lipinski definition) is 5. The van der Waals surface area contributed by atoms with Crippen molar-refractivity contribution in [1.82, 2.24) is 5.32 Å². The number of benzene rings is 2. The van der Waals surface area contributed by atoms with Gasteiger partial charge in [0.05, 0.1) is 7.11 Å². The number of aromatic hydroxyl groups is 1.